The van der Waals surface area contributed by atoms with Crippen LogP contribution in [0.2, 0.25) is 0 Å². The van der Waals surface area contributed by atoms with Crippen LogP contribution in [0.5, 0.6) is 0 Å². The predicted octanol–water partition coefficient (Wildman–Crippen LogP) is 15.8. The number of benzene rings is 9. The van der Waals surface area contributed by atoms with Gasteiger partial charge in [-0.25, -0.2) is 0 Å². The van der Waals surface area contributed by atoms with Gasteiger partial charge >= 0.3 is 0 Å². The first-order valence-corrected chi connectivity index (χ1v) is 19.6. The van der Waals surface area contributed by atoms with Crippen molar-refractivity contribution < 1.29 is 8.83 Å². The first-order valence-electron chi connectivity index (χ1n) is 19.6. The van der Waals surface area contributed by atoms with E-state index in [1.807, 2.05) is 12.1 Å². The third kappa shape index (κ3) is 5.87. The number of furan rings is 2. The topological polar surface area (TPSA) is 32.8 Å². The highest BCUT2D eigenvalue weighted by Gasteiger charge is 2.19. The van der Waals surface area contributed by atoms with E-state index in [-0.39, 0.29) is 0 Å². The molecule has 0 saturated carbocycles. The summed E-state index contributed by atoms with van der Waals surface area (Å²) in [4.78, 5) is 4.61. The van der Waals surface area contributed by atoms with E-state index < -0.39 is 0 Å². The maximum atomic E-state index is 6.57. The van der Waals surface area contributed by atoms with E-state index in [1.165, 1.54) is 0 Å². The van der Waals surface area contributed by atoms with Crippen LogP contribution < -0.4 is 9.80 Å². The minimum atomic E-state index is 0.855. The summed E-state index contributed by atoms with van der Waals surface area (Å²) in [6.45, 7) is 0. The van der Waals surface area contributed by atoms with Crippen LogP contribution in [0.15, 0.2) is 227 Å². The van der Waals surface area contributed by atoms with Crippen molar-refractivity contribution in [1.29, 1.82) is 0 Å². The molecular weight excluding hydrogens is 709 g/mol. The van der Waals surface area contributed by atoms with Gasteiger partial charge in [-0.3, -0.25) is 0 Å². The number of rotatable bonds is 8. The number of anilines is 6. The molecule has 0 atom stereocenters. The summed E-state index contributed by atoms with van der Waals surface area (Å²) in [5.41, 5.74) is 14.4. The number of hydrogen-bond donors (Lipinski definition) is 0. The number of hydrogen-bond acceptors (Lipinski definition) is 4. The fraction of sp³-hybridized carbons (Fsp3) is 0. The lowest BCUT2D eigenvalue weighted by Gasteiger charge is -2.27. The van der Waals surface area contributed by atoms with Crippen molar-refractivity contribution in [2.45, 2.75) is 0 Å². The highest BCUT2D eigenvalue weighted by atomic mass is 16.3. The van der Waals surface area contributed by atoms with Crippen LogP contribution in [-0.4, -0.2) is 0 Å². The highest BCUT2D eigenvalue weighted by molar-refractivity contribution is 6.08. The van der Waals surface area contributed by atoms with Gasteiger partial charge < -0.3 is 18.6 Å². The van der Waals surface area contributed by atoms with E-state index in [0.29, 0.717) is 0 Å². The molecule has 0 N–H and O–H groups in total. The van der Waals surface area contributed by atoms with Crippen LogP contribution in [0.25, 0.3) is 66.1 Å². The minimum absolute atomic E-state index is 0.855. The number of nitrogens with zero attached hydrogens (tertiary/aromatic N) is 2. The van der Waals surface area contributed by atoms with Gasteiger partial charge in [0, 0.05) is 61.6 Å². The zero-order chi connectivity index (χ0) is 38.4. The fourth-order valence-corrected chi connectivity index (χ4v) is 8.32. The molecule has 11 rings (SSSR count). The van der Waals surface area contributed by atoms with E-state index in [2.05, 4.69) is 216 Å². The van der Waals surface area contributed by atoms with Gasteiger partial charge in [0.05, 0.1) is 5.69 Å². The Hall–Kier alpha value is -7.82. The Morgan fingerprint density at radius 2 is 0.776 bits per heavy atom. The molecule has 4 heteroatoms. The molecular formula is C54H36N2O2. The second-order valence-corrected chi connectivity index (χ2v) is 14.5. The van der Waals surface area contributed by atoms with E-state index in [4.69, 9.17) is 8.83 Å². The molecule has 0 fully saturated rings. The normalized spacial score (nSPS) is 11.4. The summed E-state index contributed by atoms with van der Waals surface area (Å²) in [7, 11) is 0. The number of fused-ring (bicyclic) bond motifs is 6. The Labute approximate surface area is 336 Å². The van der Waals surface area contributed by atoms with Gasteiger partial charge in [0.1, 0.15) is 22.3 Å². The molecule has 2 heterocycles. The summed E-state index contributed by atoms with van der Waals surface area (Å²) in [5, 5.41) is 4.40. The van der Waals surface area contributed by atoms with Gasteiger partial charge in [0.25, 0.3) is 0 Å². The monoisotopic (exact) mass is 744 g/mol. The van der Waals surface area contributed by atoms with Gasteiger partial charge in [-0.1, -0.05) is 115 Å². The van der Waals surface area contributed by atoms with Crippen molar-refractivity contribution in [1.82, 2.24) is 0 Å². The Morgan fingerprint density at radius 3 is 1.53 bits per heavy atom. The Kier molecular flexibility index (Phi) is 8.11. The standard InChI is InChI=1S/C54H36N2O2/c1-4-16-40(17-5-1)55(44-29-31-47-46-24-11-13-26-51(46)57-54(47)36-44)43-22-14-15-37(33-43)38-27-30-48-49-34-39(28-32-52(49)58-53(48)35-38)45-23-10-12-25-50(45)56(41-18-6-2-7-19-41)42-20-8-3-9-21-42/h1-36H. The Balaban J connectivity index is 0.975. The lowest BCUT2D eigenvalue weighted by atomic mass is 9.98. The third-order valence-corrected chi connectivity index (χ3v) is 11.0. The molecule has 0 radical (unpaired) electrons. The van der Waals surface area contributed by atoms with Gasteiger partial charge in [0.15, 0.2) is 0 Å². The predicted molar refractivity (Wildman–Crippen MR) is 241 cm³/mol. The molecule has 58 heavy (non-hydrogen) atoms. The van der Waals surface area contributed by atoms with Crippen molar-refractivity contribution in [2.75, 3.05) is 9.80 Å². The van der Waals surface area contributed by atoms with Crippen molar-refractivity contribution in [2.24, 2.45) is 0 Å². The summed E-state index contributed by atoms with van der Waals surface area (Å²) < 4.78 is 12.9. The molecule has 11 aromatic rings. The van der Waals surface area contributed by atoms with Crippen molar-refractivity contribution in [3.8, 4) is 22.3 Å². The molecule has 0 aliphatic rings. The molecule has 2 aromatic heterocycles. The average molecular weight is 745 g/mol. The largest absolute Gasteiger partial charge is 0.456 e. The lowest BCUT2D eigenvalue weighted by molar-refractivity contribution is 0.668. The molecule has 0 spiro atoms. The first kappa shape index (κ1) is 33.5. The quantitative estimate of drug-likeness (QED) is 0.155. The van der Waals surface area contributed by atoms with Crippen LogP contribution >= 0.6 is 0 Å². The van der Waals surface area contributed by atoms with Crippen LogP contribution in [0.1, 0.15) is 0 Å². The number of para-hydroxylation sites is 5. The molecule has 0 bridgehead atoms. The first-order chi connectivity index (χ1) is 28.7. The zero-order valence-corrected chi connectivity index (χ0v) is 31.5. The smallest absolute Gasteiger partial charge is 0.137 e. The maximum absolute atomic E-state index is 6.57. The van der Waals surface area contributed by atoms with Gasteiger partial charge in [-0.15, -0.1) is 0 Å². The second kappa shape index (κ2) is 14.0. The van der Waals surface area contributed by atoms with Crippen molar-refractivity contribution in [3.63, 3.8) is 0 Å². The average Bonchev–Trinajstić information content (AvgIpc) is 3.85. The molecule has 0 aliphatic heterocycles. The molecule has 0 saturated heterocycles. The lowest BCUT2D eigenvalue weighted by Crippen LogP contribution is -2.10. The van der Waals surface area contributed by atoms with Gasteiger partial charge in [0.2, 0.25) is 0 Å². The molecule has 274 valence electrons. The van der Waals surface area contributed by atoms with Crippen molar-refractivity contribution >= 4 is 78.0 Å². The van der Waals surface area contributed by atoms with Crippen LogP contribution in [0.3, 0.4) is 0 Å². The van der Waals surface area contributed by atoms with Crippen LogP contribution in [0.4, 0.5) is 34.1 Å². The molecule has 0 amide bonds. The van der Waals surface area contributed by atoms with E-state index >= 15 is 0 Å². The molecule has 0 unspecified atom stereocenters. The van der Waals surface area contributed by atoms with E-state index in [9.17, 15) is 0 Å². The van der Waals surface area contributed by atoms with Gasteiger partial charge in [-0.2, -0.15) is 0 Å². The molecule has 4 nitrogen and oxygen atoms in total. The Morgan fingerprint density at radius 1 is 0.259 bits per heavy atom. The summed E-state index contributed by atoms with van der Waals surface area (Å²) in [6.07, 6.45) is 0. The van der Waals surface area contributed by atoms with E-state index in [1.54, 1.807) is 0 Å². The molecule has 0 aliphatic carbocycles. The Bertz CT molecular complexity index is 3200. The third-order valence-electron chi connectivity index (χ3n) is 11.0. The van der Waals surface area contributed by atoms with E-state index in [0.717, 1.165) is 100 Å². The second-order valence-electron chi connectivity index (χ2n) is 14.5. The van der Waals surface area contributed by atoms with Crippen LogP contribution in [0, 0.1) is 0 Å². The SMILES string of the molecule is c1ccc(N(c2cccc(-c3ccc4c(c3)oc3ccc(-c5ccccc5N(c5ccccc5)c5ccccc5)cc34)c2)c2ccc3c(c2)oc2ccccc23)cc1. The summed E-state index contributed by atoms with van der Waals surface area (Å²) >= 11 is 0. The van der Waals surface area contributed by atoms with Crippen molar-refractivity contribution in [3.05, 3.63) is 218 Å². The summed E-state index contributed by atoms with van der Waals surface area (Å²) in [6, 6.07) is 76.7. The molecule has 9 aromatic carbocycles. The van der Waals surface area contributed by atoms with Gasteiger partial charge in [-0.05, 0) is 114 Å². The maximum Gasteiger partial charge on any atom is 0.137 e. The fourth-order valence-electron chi connectivity index (χ4n) is 8.32. The minimum Gasteiger partial charge on any atom is -0.456 e. The highest BCUT2D eigenvalue weighted by Crippen LogP contribution is 2.43. The summed E-state index contributed by atoms with van der Waals surface area (Å²) in [5.74, 6) is 0. The van der Waals surface area contributed by atoms with Crippen LogP contribution in [-0.2, 0) is 0 Å². The zero-order valence-electron chi connectivity index (χ0n) is 31.5.